The second-order valence-corrected chi connectivity index (χ2v) is 11.0. The van der Waals surface area contributed by atoms with E-state index >= 15 is 0 Å². The van der Waals surface area contributed by atoms with Crippen molar-refractivity contribution in [1.82, 2.24) is 0 Å². The Bertz CT molecular complexity index is 1330. The molecule has 0 fully saturated rings. The van der Waals surface area contributed by atoms with Crippen LogP contribution in [0, 0.1) is 5.92 Å². The third kappa shape index (κ3) is 4.60. The first-order chi connectivity index (χ1) is 16.9. The molecule has 2 aliphatic rings. The third-order valence-electron chi connectivity index (χ3n) is 6.83. The minimum absolute atomic E-state index is 0.170. The average molecular weight is 490 g/mol. The van der Waals surface area contributed by atoms with Crippen LogP contribution in [0.4, 0.5) is 17.1 Å². The van der Waals surface area contributed by atoms with Gasteiger partial charge in [0.15, 0.2) is 0 Å². The fraction of sp³-hybridized carbons (Fsp3) is 0.286. The first kappa shape index (κ1) is 23.3. The van der Waals surface area contributed by atoms with E-state index in [1.54, 1.807) is 30.3 Å². The highest BCUT2D eigenvalue weighted by molar-refractivity contribution is 7.92. The molecule has 3 aromatic rings. The number of hydrogen-bond donors (Lipinski definition) is 2. The zero-order valence-corrected chi connectivity index (χ0v) is 21.0. The predicted octanol–water partition coefficient (Wildman–Crippen LogP) is 5.78. The smallest absolute Gasteiger partial charge is 0.261 e. The number of anilines is 3. The predicted molar refractivity (Wildman–Crippen MR) is 142 cm³/mol. The Morgan fingerprint density at radius 1 is 1.03 bits per heavy atom. The normalized spacial score (nSPS) is 20.5. The molecule has 3 aromatic carbocycles. The van der Waals surface area contributed by atoms with E-state index in [9.17, 15) is 8.42 Å². The first-order valence-corrected chi connectivity index (χ1v) is 13.4. The van der Waals surface area contributed by atoms with Gasteiger partial charge in [-0.05, 0) is 85.0 Å². The van der Waals surface area contributed by atoms with Gasteiger partial charge in [-0.1, -0.05) is 24.3 Å². The van der Waals surface area contributed by atoms with Crippen LogP contribution < -0.4 is 19.7 Å². The van der Waals surface area contributed by atoms with E-state index < -0.39 is 10.0 Å². The fourth-order valence-corrected chi connectivity index (χ4v) is 6.14. The van der Waals surface area contributed by atoms with Gasteiger partial charge in [-0.2, -0.15) is 0 Å². The molecular weight excluding hydrogens is 458 g/mol. The molecule has 0 bridgehead atoms. The van der Waals surface area contributed by atoms with Crippen molar-refractivity contribution in [2.45, 2.75) is 30.2 Å². The molecule has 0 aromatic heterocycles. The maximum Gasteiger partial charge on any atom is 0.261 e. The van der Waals surface area contributed by atoms with Crippen LogP contribution in [0.2, 0.25) is 0 Å². The lowest BCUT2D eigenvalue weighted by molar-refractivity contribution is 0.340. The van der Waals surface area contributed by atoms with Crippen LogP contribution in [0.5, 0.6) is 5.75 Å². The summed E-state index contributed by atoms with van der Waals surface area (Å²) >= 11 is 0. The number of ether oxygens (including phenoxy) is 1. The quantitative estimate of drug-likeness (QED) is 0.412. The van der Waals surface area contributed by atoms with Crippen LogP contribution >= 0.6 is 0 Å². The van der Waals surface area contributed by atoms with Gasteiger partial charge >= 0.3 is 0 Å². The van der Waals surface area contributed by atoms with Gasteiger partial charge in [0.05, 0.1) is 17.5 Å². The SMILES string of the molecule is CCOc1ccc(NS(=O)(=O)c2ccc3c(c2)C2C=CCC2C(c2ccc(N(C)C)cc2)N3)cc1. The van der Waals surface area contributed by atoms with Crippen molar-refractivity contribution in [2.24, 2.45) is 5.92 Å². The van der Waals surface area contributed by atoms with Crippen molar-refractivity contribution in [3.8, 4) is 5.75 Å². The highest BCUT2D eigenvalue weighted by Crippen LogP contribution is 2.50. The summed E-state index contributed by atoms with van der Waals surface area (Å²) in [5, 5.41) is 3.70. The van der Waals surface area contributed by atoms with Crippen molar-refractivity contribution in [3.05, 3.63) is 90.0 Å². The Balaban J connectivity index is 1.41. The van der Waals surface area contributed by atoms with E-state index in [-0.39, 0.29) is 16.9 Å². The Hall–Kier alpha value is -3.45. The standard InChI is InChI=1S/C28H31N3O3S/c1-4-34-22-14-10-20(11-15-22)30-35(32,33)23-16-17-27-26(18-23)24-6-5-7-25(24)28(29-27)19-8-12-21(13-9-19)31(2)3/h5-6,8-18,24-25,28-30H,4,7H2,1-3H3. The number of rotatable bonds is 7. The molecule has 0 saturated carbocycles. The fourth-order valence-electron chi connectivity index (χ4n) is 5.05. The monoisotopic (exact) mass is 489 g/mol. The van der Waals surface area contributed by atoms with Crippen LogP contribution in [0.1, 0.15) is 36.4 Å². The van der Waals surface area contributed by atoms with Gasteiger partial charge < -0.3 is 15.0 Å². The minimum Gasteiger partial charge on any atom is -0.494 e. The summed E-state index contributed by atoms with van der Waals surface area (Å²) in [6.07, 6.45) is 5.40. The molecule has 1 aliphatic heterocycles. The van der Waals surface area contributed by atoms with Gasteiger partial charge in [0.25, 0.3) is 10.0 Å². The van der Waals surface area contributed by atoms with Crippen LogP contribution in [0.25, 0.3) is 0 Å². The first-order valence-electron chi connectivity index (χ1n) is 12.0. The van der Waals surface area contributed by atoms with Gasteiger partial charge in [0.2, 0.25) is 0 Å². The second-order valence-electron chi connectivity index (χ2n) is 9.27. The topological polar surface area (TPSA) is 70.7 Å². The van der Waals surface area contributed by atoms with Gasteiger partial charge in [-0.3, -0.25) is 4.72 Å². The lowest BCUT2D eigenvalue weighted by Crippen LogP contribution is -2.29. The zero-order chi connectivity index (χ0) is 24.6. The summed E-state index contributed by atoms with van der Waals surface area (Å²) in [6, 6.07) is 21.2. The van der Waals surface area contributed by atoms with Gasteiger partial charge in [0.1, 0.15) is 5.75 Å². The molecule has 6 nitrogen and oxygen atoms in total. The third-order valence-corrected chi connectivity index (χ3v) is 8.21. The van der Waals surface area contributed by atoms with E-state index in [4.69, 9.17) is 4.74 Å². The van der Waals surface area contributed by atoms with Crippen molar-refractivity contribution < 1.29 is 13.2 Å². The molecule has 182 valence electrons. The largest absolute Gasteiger partial charge is 0.494 e. The van der Waals surface area contributed by atoms with Crippen LogP contribution in [0.15, 0.2) is 83.8 Å². The molecule has 0 saturated heterocycles. The summed E-state index contributed by atoms with van der Waals surface area (Å²) in [7, 11) is 0.352. The molecule has 2 N–H and O–H groups in total. The molecule has 3 unspecified atom stereocenters. The van der Waals surface area contributed by atoms with Crippen molar-refractivity contribution >= 4 is 27.1 Å². The maximum atomic E-state index is 13.2. The molecule has 1 aliphatic carbocycles. The Kier molecular flexibility index (Phi) is 6.19. The molecular formula is C28H31N3O3S. The van der Waals surface area contributed by atoms with E-state index in [1.165, 1.54) is 11.3 Å². The second kappa shape index (κ2) is 9.30. The van der Waals surface area contributed by atoms with E-state index in [1.807, 2.05) is 33.2 Å². The molecule has 5 rings (SSSR count). The molecule has 0 radical (unpaired) electrons. The summed E-state index contributed by atoms with van der Waals surface area (Å²) in [4.78, 5) is 2.36. The Morgan fingerprint density at radius 3 is 2.46 bits per heavy atom. The number of nitrogens with one attached hydrogen (secondary N) is 2. The molecule has 0 spiro atoms. The number of benzene rings is 3. The summed E-state index contributed by atoms with van der Waals surface area (Å²) in [5.74, 6) is 1.22. The lowest BCUT2D eigenvalue weighted by Gasteiger charge is -2.38. The molecule has 0 amide bonds. The van der Waals surface area contributed by atoms with Gasteiger partial charge in [-0.25, -0.2) is 8.42 Å². The van der Waals surface area contributed by atoms with Crippen LogP contribution in [-0.2, 0) is 10.0 Å². The molecule has 35 heavy (non-hydrogen) atoms. The Morgan fingerprint density at radius 2 is 1.77 bits per heavy atom. The van der Waals surface area contributed by atoms with Gasteiger partial charge in [-0.15, -0.1) is 0 Å². The lowest BCUT2D eigenvalue weighted by atomic mass is 9.77. The maximum absolute atomic E-state index is 13.2. The summed E-state index contributed by atoms with van der Waals surface area (Å²) in [5.41, 5.74) is 4.93. The summed E-state index contributed by atoms with van der Waals surface area (Å²) < 4.78 is 34.5. The summed E-state index contributed by atoms with van der Waals surface area (Å²) in [6.45, 7) is 2.47. The molecule has 7 heteroatoms. The van der Waals surface area contributed by atoms with Crippen molar-refractivity contribution in [2.75, 3.05) is 35.6 Å². The molecule has 3 atom stereocenters. The van der Waals surface area contributed by atoms with Crippen molar-refractivity contribution in [3.63, 3.8) is 0 Å². The minimum atomic E-state index is -3.73. The van der Waals surface area contributed by atoms with E-state index in [0.29, 0.717) is 24.0 Å². The number of nitrogens with zero attached hydrogens (tertiary/aromatic N) is 1. The number of hydrogen-bond acceptors (Lipinski definition) is 5. The van der Waals surface area contributed by atoms with Crippen LogP contribution in [-0.4, -0.2) is 29.1 Å². The van der Waals surface area contributed by atoms with Crippen LogP contribution in [0.3, 0.4) is 0 Å². The van der Waals surface area contributed by atoms with Gasteiger partial charge in [0, 0.05) is 37.1 Å². The highest BCUT2D eigenvalue weighted by atomic mass is 32.2. The highest BCUT2D eigenvalue weighted by Gasteiger charge is 2.38. The zero-order valence-electron chi connectivity index (χ0n) is 20.2. The number of allylic oxidation sites excluding steroid dienone is 2. The van der Waals surface area contributed by atoms with Crippen molar-refractivity contribution in [1.29, 1.82) is 0 Å². The number of sulfonamides is 1. The van der Waals surface area contributed by atoms with E-state index in [0.717, 1.165) is 17.7 Å². The van der Waals surface area contributed by atoms with E-state index in [2.05, 4.69) is 51.4 Å². The number of fused-ring (bicyclic) bond motifs is 3. The molecule has 1 heterocycles. The average Bonchev–Trinajstić information content (AvgIpc) is 3.35. The Labute approximate surface area is 207 Å².